The molecule has 6 heteroatoms. The van der Waals surface area contributed by atoms with E-state index >= 15 is 0 Å². The number of amides is 2. The number of anilines is 1. The molecule has 1 aliphatic heterocycles. The van der Waals surface area contributed by atoms with Crippen LogP contribution in [0.3, 0.4) is 0 Å². The summed E-state index contributed by atoms with van der Waals surface area (Å²) in [6.07, 6.45) is 0. The molecule has 0 aromatic heterocycles. The van der Waals surface area contributed by atoms with E-state index in [4.69, 9.17) is 0 Å². The first-order chi connectivity index (χ1) is 9.93. The standard InChI is InChI=1S/C15H20FN3O2/c1-4-17-9(2)11-5-6-13(12(16)7-11)19-8-14(20)18-15(21)10(19)3/h5-7,9-10,17H,4,8H2,1-3H3,(H,18,20,21). The molecular weight excluding hydrogens is 273 g/mol. The van der Waals surface area contributed by atoms with Crippen molar-refractivity contribution in [3.63, 3.8) is 0 Å². The Labute approximate surface area is 123 Å². The predicted molar refractivity (Wildman–Crippen MR) is 78.4 cm³/mol. The third-order valence-corrected chi connectivity index (χ3v) is 3.72. The van der Waals surface area contributed by atoms with Crippen molar-refractivity contribution in [2.24, 2.45) is 0 Å². The van der Waals surface area contributed by atoms with E-state index in [1.165, 1.54) is 11.0 Å². The van der Waals surface area contributed by atoms with Crippen molar-refractivity contribution >= 4 is 17.5 Å². The number of halogens is 1. The summed E-state index contributed by atoms with van der Waals surface area (Å²) in [5.41, 5.74) is 1.11. The minimum absolute atomic E-state index is 0.0219. The van der Waals surface area contributed by atoms with Crippen LogP contribution in [0.4, 0.5) is 10.1 Å². The second-order valence-electron chi connectivity index (χ2n) is 5.21. The normalized spacial score (nSPS) is 20.4. The van der Waals surface area contributed by atoms with Crippen molar-refractivity contribution in [2.45, 2.75) is 32.9 Å². The third kappa shape index (κ3) is 3.21. The Bertz CT molecular complexity index is 562. The average Bonchev–Trinajstić information content (AvgIpc) is 2.43. The van der Waals surface area contributed by atoms with Crippen LogP contribution in [0.15, 0.2) is 18.2 Å². The maximum Gasteiger partial charge on any atom is 0.249 e. The van der Waals surface area contributed by atoms with Gasteiger partial charge in [0.05, 0.1) is 12.2 Å². The highest BCUT2D eigenvalue weighted by atomic mass is 19.1. The monoisotopic (exact) mass is 293 g/mol. The van der Waals surface area contributed by atoms with Gasteiger partial charge in [-0.2, -0.15) is 0 Å². The Hall–Kier alpha value is -1.95. The molecule has 1 saturated heterocycles. The topological polar surface area (TPSA) is 61.4 Å². The Morgan fingerprint density at radius 2 is 2.19 bits per heavy atom. The van der Waals surface area contributed by atoms with E-state index in [1.54, 1.807) is 13.0 Å². The zero-order valence-corrected chi connectivity index (χ0v) is 12.4. The van der Waals surface area contributed by atoms with Crippen LogP contribution in [0.2, 0.25) is 0 Å². The molecule has 2 amide bonds. The lowest BCUT2D eigenvalue weighted by Gasteiger charge is -2.33. The van der Waals surface area contributed by atoms with E-state index in [9.17, 15) is 14.0 Å². The first kappa shape index (κ1) is 15.4. The lowest BCUT2D eigenvalue weighted by molar-refractivity contribution is -0.132. The van der Waals surface area contributed by atoms with Crippen molar-refractivity contribution in [1.29, 1.82) is 0 Å². The average molecular weight is 293 g/mol. The minimum atomic E-state index is -0.575. The molecule has 1 fully saturated rings. The maximum atomic E-state index is 14.4. The second kappa shape index (κ2) is 6.22. The molecule has 1 aliphatic rings. The van der Waals surface area contributed by atoms with E-state index in [0.717, 1.165) is 12.1 Å². The summed E-state index contributed by atoms with van der Waals surface area (Å²) >= 11 is 0. The number of hydrogen-bond donors (Lipinski definition) is 2. The van der Waals surface area contributed by atoms with Crippen LogP contribution in [0, 0.1) is 5.82 Å². The number of piperazine rings is 1. The van der Waals surface area contributed by atoms with Crippen LogP contribution in [-0.2, 0) is 9.59 Å². The Morgan fingerprint density at radius 1 is 1.48 bits per heavy atom. The fourth-order valence-electron chi connectivity index (χ4n) is 2.46. The van der Waals surface area contributed by atoms with Crippen LogP contribution < -0.4 is 15.5 Å². The summed E-state index contributed by atoms with van der Waals surface area (Å²) in [6.45, 7) is 6.37. The fraction of sp³-hybridized carbons (Fsp3) is 0.467. The highest BCUT2D eigenvalue weighted by Crippen LogP contribution is 2.26. The van der Waals surface area contributed by atoms with Crippen molar-refractivity contribution in [2.75, 3.05) is 18.0 Å². The molecule has 1 heterocycles. The molecule has 0 bridgehead atoms. The largest absolute Gasteiger partial charge is 0.348 e. The van der Waals surface area contributed by atoms with Gasteiger partial charge >= 0.3 is 0 Å². The van der Waals surface area contributed by atoms with Gasteiger partial charge < -0.3 is 10.2 Å². The van der Waals surface area contributed by atoms with Crippen LogP contribution in [-0.4, -0.2) is 30.9 Å². The molecule has 0 spiro atoms. The number of imide groups is 1. The quantitative estimate of drug-likeness (QED) is 0.823. The highest BCUT2D eigenvalue weighted by molar-refractivity contribution is 6.04. The number of carbonyl (C=O) groups excluding carboxylic acids is 2. The molecule has 1 aromatic carbocycles. The molecule has 0 saturated carbocycles. The number of nitrogens with zero attached hydrogens (tertiary/aromatic N) is 1. The van der Waals surface area contributed by atoms with Gasteiger partial charge in [-0.3, -0.25) is 14.9 Å². The molecule has 21 heavy (non-hydrogen) atoms. The summed E-state index contributed by atoms with van der Waals surface area (Å²) in [4.78, 5) is 24.6. The van der Waals surface area contributed by atoms with Crippen molar-refractivity contribution in [1.82, 2.24) is 10.6 Å². The number of benzene rings is 1. The van der Waals surface area contributed by atoms with Gasteiger partial charge in [0.2, 0.25) is 11.8 Å². The highest BCUT2D eigenvalue weighted by Gasteiger charge is 2.31. The lowest BCUT2D eigenvalue weighted by Crippen LogP contribution is -2.57. The zero-order chi connectivity index (χ0) is 15.6. The molecular formula is C15H20FN3O2. The van der Waals surface area contributed by atoms with Crippen LogP contribution in [0.25, 0.3) is 0 Å². The minimum Gasteiger partial charge on any atom is -0.348 e. The van der Waals surface area contributed by atoms with Crippen LogP contribution in [0.1, 0.15) is 32.4 Å². The molecule has 2 unspecified atom stereocenters. The first-order valence-corrected chi connectivity index (χ1v) is 7.07. The second-order valence-corrected chi connectivity index (χ2v) is 5.21. The molecule has 0 aliphatic carbocycles. The summed E-state index contributed by atoms with van der Waals surface area (Å²) in [5, 5.41) is 5.45. The fourth-order valence-corrected chi connectivity index (χ4v) is 2.46. The first-order valence-electron chi connectivity index (χ1n) is 7.07. The van der Waals surface area contributed by atoms with Crippen molar-refractivity contribution in [3.05, 3.63) is 29.6 Å². The summed E-state index contributed by atoms with van der Waals surface area (Å²) < 4.78 is 14.4. The number of carbonyl (C=O) groups is 2. The van der Waals surface area contributed by atoms with Gasteiger partial charge in [0.1, 0.15) is 11.9 Å². The summed E-state index contributed by atoms with van der Waals surface area (Å²) in [7, 11) is 0. The molecule has 2 atom stereocenters. The Kier molecular flexibility index (Phi) is 4.57. The number of hydrogen-bond acceptors (Lipinski definition) is 4. The maximum absolute atomic E-state index is 14.4. The number of nitrogens with one attached hydrogen (secondary N) is 2. The van der Waals surface area contributed by atoms with E-state index in [0.29, 0.717) is 0 Å². The zero-order valence-electron chi connectivity index (χ0n) is 12.4. The van der Waals surface area contributed by atoms with Gasteiger partial charge in [-0.15, -0.1) is 0 Å². The molecule has 114 valence electrons. The summed E-state index contributed by atoms with van der Waals surface area (Å²) in [6, 6.07) is 4.36. The van der Waals surface area contributed by atoms with Gasteiger partial charge in [-0.1, -0.05) is 13.0 Å². The predicted octanol–water partition coefficient (Wildman–Crippen LogP) is 1.35. The number of rotatable bonds is 4. The molecule has 1 aromatic rings. The Morgan fingerprint density at radius 3 is 2.81 bits per heavy atom. The molecule has 2 N–H and O–H groups in total. The summed E-state index contributed by atoms with van der Waals surface area (Å²) in [5.74, 6) is -1.25. The van der Waals surface area contributed by atoms with E-state index in [-0.39, 0.29) is 18.3 Å². The smallest absolute Gasteiger partial charge is 0.249 e. The van der Waals surface area contributed by atoms with Crippen molar-refractivity contribution < 1.29 is 14.0 Å². The SMILES string of the molecule is CCNC(C)c1ccc(N2CC(=O)NC(=O)C2C)c(F)c1. The third-order valence-electron chi connectivity index (χ3n) is 3.72. The van der Waals surface area contributed by atoms with E-state index < -0.39 is 23.7 Å². The van der Waals surface area contributed by atoms with Crippen LogP contribution in [0.5, 0.6) is 0 Å². The van der Waals surface area contributed by atoms with Gasteiger partial charge in [0, 0.05) is 6.04 Å². The van der Waals surface area contributed by atoms with Gasteiger partial charge in [0.15, 0.2) is 0 Å². The van der Waals surface area contributed by atoms with Gasteiger partial charge in [0.25, 0.3) is 0 Å². The molecule has 2 rings (SSSR count). The van der Waals surface area contributed by atoms with Crippen molar-refractivity contribution in [3.8, 4) is 0 Å². The Balaban J connectivity index is 2.28. The molecule has 0 radical (unpaired) electrons. The van der Waals surface area contributed by atoms with Gasteiger partial charge in [-0.25, -0.2) is 4.39 Å². The van der Waals surface area contributed by atoms with E-state index in [2.05, 4.69) is 10.6 Å². The lowest BCUT2D eigenvalue weighted by atomic mass is 10.1. The van der Waals surface area contributed by atoms with E-state index in [1.807, 2.05) is 19.9 Å². The van der Waals surface area contributed by atoms with Gasteiger partial charge in [-0.05, 0) is 38.1 Å². The molecule has 5 nitrogen and oxygen atoms in total. The van der Waals surface area contributed by atoms with Crippen LogP contribution >= 0.6 is 0 Å².